The fourth-order valence-corrected chi connectivity index (χ4v) is 3.47. The molecule has 188 valence electrons. The van der Waals surface area contributed by atoms with E-state index in [2.05, 4.69) is 15.4 Å². The Balaban J connectivity index is 1.39. The van der Waals surface area contributed by atoms with Crippen molar-refractivity contribution in [3.05, 3.63) is 90.2 Å². The molecule has 1 atom stereocenters. The molecule has 0 aliphatic heterocycles. The van der Waals surface area contributed by atoms with Crippen molar-refractivity contribution in [1.29, 1.82) is 0 Å². The molecule has 0 saturated heterocycles. The summed E-state index contributed by atoms with van der Waals surface area (Å²) in [4.78, 5) is 4.45. The zero-order valence-corrected chi connectivity index (χ0v) is 20.0. The Morgan fingerprint density at radius 1 is 1.00 bits per heavy atom. The molecular formula is C27H29FN4O4. The van der Waals surface area contributed by atoms with Gasteiger partial charge in [0.2, 0.25) is 0 Å². The maximum Gasteiger partial charge on any atom is 0.336 e. The maximum atomic E-state index is 13.9. The van der Waals surface area contributed by atoms with Crippen LogP contribution in [0.5, 0.6) is 6.01 Å². The van der Waals surface area contributed by atoms with E-state index in [1.165, 1.54) is 12.1 Å². The van der Waals surface area contributed by atoms with E-state index < -0.39 is 6.10 Å². The minimum atomic E-state index is -0.657. The van der Waals surface area contributed by atoms with Crippen LogP contribution in [0.25, 0.3) is 17.1 Å². The molecule has 36 heavy (non-hydrogen) atoms. The van der Waals surface area contributed by atoms with Crippen LogP contribution in [-0.4, -0.2) is 59.5 Å². The standard InChI is InChI=1S/C27H29FN4O4/c1-34-14-15-36-27-30-26(21-8-5-9-22(28)16-21)32(31-27)24-12-10-23(11-13-24)29-17-25(33)19-35-18-20-6-3-2-4-7-20/h2-13,16,25,29,33H,14-15,17-19H2,1H3. The lowest BCUT2D eigenvalue weighted by molar-refractivity contribution is 0.0348. The van der Waals surface area contributed by atoms with Crippen molar-refractivity contribution in [3.8, 4) is 23.1 Å². The molecule has 9 heteroatoms. The lowest BCUT2D eigenvalue weighted by Gasteiger charge is -2.14. The molecule has 4 aromatic rings. The van der Waals surface area contributed by atoms with Crippen LogP contribution in [0, 0.1) is 5.82 Å². The predicted octanol–water partition coefficient (Wildman–Crippen LogP) is 4.09. The molecule has 2 N–H and O–H groups in total. The number of ether oxygens (including phenoxy) is 3. The van der Waals surface area contributed by atoms with E-state index in [-0.39, 0.29) is 18.4 Å². The third kappa shape index (κ3) is 7.11. The maximum absolute atomic E-state index is 13.9. The SMILES string of the molecule is COCCOc1nc(-c2cccc(F)c2)n(-c2ccc(NCC(O)COCc3ccccc3)cc2)n1. The Kier molecular flexibility index (Phi) is 8.98. The highest BCUT2D eigenvalue weighted by atomic mass is 19.1. The summed E-state index contributed by atoms with van der Waals surface area (Å²) in [7, 11) is 1.58. The number of hydrogen-bond donors (Lipinski definition) is 2. The first-order chi connectivity index (χ1) is 17.6. The second kappa shape index (κ2) is 12.8. The minimum absolute atomic E-state index is 0.173. The van der Waals surface area contributed by atoms with Gasteiger partial charge in [0.1, 0.15) is 12.4 Å². The van der Waals surface area contributed by atoms with Gasteiger partial charge in [-0.3, -0.25) is 0 Å². The van der Waals surface area contributed by atoms with Gasteiger partial charge in [-0.1, -0.05) is 42.5 Å². The molecule has 0 bridgehead atoms. The molecular weight excluding hydrogens is 463 g/mol. The van der Waals surface area contributed by atoms with Crippen molar-refractivity contribution >= 4 is 5.69 Å². The Labute approximate surface area is 209 Å². The highest BCUT2D eigenvalue weighted by Crippen LogP contribution is 2.25. The Bertz CT molecular complexity index is 1220. The quantitative estimate of drug-likeness (QED) is 0.272. The largest absolute Gasteiger partial charge is 0.460 e. The van der Waals surface area contributed by atoms with E-state index in [0.717, 1.165) is 16.9 Å². The summed E-state index contributed by atoms with van der Waals surface area (Å²) >= 11 is 0. The first-order valence-electron chi connectivity index (χ1n) is 11.6. The third-order valence-corrected chi connectivity index (χ3v) is 5.26. The highest BCUT2D eigenvalue weighted by Gasteiger charge is 2.15. The first-order valence-corrected chi connectivity index (χ1v) is 11.6. The van der Waals surface area contributed by atoms with E-state index in [9.17, 15) is 9.50 Å². The Morgan fingerprint density at radius 3 is 2.56 bits per heavy atom. The topological polar surface area (TPSA) is 90.7 Å². The van der Waals surface area contributed by atoms with E-state index >= 15 is 0 Å². The number of halogens is 1. The first kappa shape index (κ1) is 25.3. The number of aromatic nitrogens is 3. The molecule has 8 nitrogen and oxygen atoms in total. The van der Waals surface area contributed by atoms with Gasteiger partial charge in [0.25, 0.3) is 0 Å². The van der Waals surface area contributed by atoms with E-state index in [1.54, 1.807) is 23.9 Å². The number of aliphatic hydroxyl groups is 1. The van der Waals surface area contributed by atoms with Crippen LogP contribution in [0.15, 0.2) is 78.9 Å². The fourth-order valence-electron chi connectivity index (χ4n) is 3.47. The summed E-state index contributed by atoms with van der Waals surface area (Å²) in [5.74, 6) is 0.0865. The van der Waals surface area contributed by atoms with Crippen LogP contribution < -0.4 is 10.1 Å². The van der Waals surface area contributed by atoms with Gasteiger partial charge in [0.15, 0.2) is 5.82 Å². The minimum Gasteiger partial charge on any atom is -0.460 e. The lowest BCUT2D eigenvalue weighted by atomic mass is 10.2. The van der Waals surface area contributed by atoms with E-state index in [4.69, 9.17) is 14.2 Å². The second-order valence-corrected chi connectivity index (χ2v) is 8.06. The highest BCUT2D eigenvalue weighted by molar-refractivity contribution is 5.59. The zero-order chi connectivity index (χ0) is 25.2. The van der Waals surface area contributed by atoms with Gasteiger partial charge in [0, 0.05) is 24.9 Å². The molecule has 1 aromatic heterocycles. The van der Waals surface area contributed by atoms with Gasteiger partial charge in [-0.05, 0) is 42.0 Å². The van der Waals surface area contributed by atoms with Crippen LogP contribution in [-0.2, 0) is 16.1 Å². The van der Waals surface area contributed by atoms with Crippen LogP contribution >= 0.6 is 0 Å². The Morgan fingerprint density at radius 2 is 1.81 bits per heavy atom. The smallest absolute Gasteiger partial charge is 0.336 e. The number of methoxy groups -OCH3 is 1. The third-order valence-electron chi connectivity index (χ3n) is 5.26. The predicted molar refractivity (Wildman–Crippen MR) is 135 cm³/mol. The normalized spacial score (nSPS) is 11.9. The average molecular weight is 493 g/mol. The fraction of sp³-hybridized carbons (Fsp3) is 0.259. The zero-order valence-electron chi connectivity index (χ0n) is 20.0. The summed E-state index contributed by atoms with van der Waals surface area (Å²) in [5, 5.41) is 17.9. The summed E-state index contributed by atoms with van der Waals surface area (Å²) in [6.45, 7) is 1.71. The van der Waals surface area contributed by atoms with Crippen LogP contribution in [0.3, 0.4) is 0 Å². The number of nitrogens with zero attached hydrogens (tertiary/aromatic N) is 3. The second-order valence-electron chi connectivity index (χ2n) is 8.06. The molecule has 0 saturated carbocycles. The molecule has 0 aliphatic carbocycles. The molecule has 0 fully saturated rings. The van der Waals surface area contributed by atoms with Gasteiger partial charge in [-0.15, -0.1) is 5.10 Å². The summed E-state index contributed by atoms with van der Waals surface area (Å²) in [5.41, 5.74) is 3.18. The van der Waals surface area contributed by atoms with Crippen molar-refractivity contribution < 1.29 is 23.7 Å². The molecule has 0 amide bonds. The summed E-state index contributed by atoms with van der Waals surface area (Å²) in [6, 6.07) is 23.6. The molecule has 1 unspecified atom stereocenters. The van der Waals surface area contributed by atoms with Crippen LogP contribution in [0.4, 0.5) is 10.1 Å². The van der Waals surface area contributed by atoms with Crippen LogP contribution in [0.1, 0.15) is 5.56 Å². The molecule has 0 spiro atoms. The van der Waals surface area contributed by atoms with Crippen molar-refractivity contribution in [2.45, 2.75) is 12.7 Å². The van der Waals surface area contributed by atoms with Crippen molar-refractivity contribution in [2.75, 3.05) is 38.8 Å². The van der Waals surface area contributed by atoms with Crippen LogP contribution in [0.2, 0.25) is 0 Å². The lowest BCUT2D eigenvalue weighted by Crippen LogP contribution is -2.24. The number of benzene rings is 3. The van der Waals surface area contributed by atoms with E-state index in [1.807, 2.05) is 54.6 Å². The summed E-state index contributed by atoms with van der Waals surface area (Å²) in [6.07, 6.45) is -0.657. The van der Waals surface area contributed by atoms with Gasteiger partial charge < -0.3 is 24.6 Å². The van der Waals surface area contributed by atoms with E-state index in [0.29, 0.717) is 37.8 Å². The number of nitrogens with one attached hydrogen (secondary N) is 1. The number of hydrogen-bond acceptors (Lipinski definition) is 7. The van der Waals surface area contributed by atoms with Gasteiger partial charge in [0.05, 0.1) is 31.6 Å². The molecule has 1 heterocycles. The molecule has 4 rings (SSSR count). The molecule has 0 aliphatic rings. The van der Waals surface area contributed by atoms with Gasteiger partial charge in [-0.2, -0.15) is 4.98 Å². The number of aliphatic hydroxyl groups excluding tert-OH is 1. The summed E-state index contributed by atoms with van der Waals surface area (Å²) < 4.78 is 31.7. The Hall–Kier alpha value is -3.79. The average Bonchev–Trinajstić information content (AvgIpc) is 3.33. The van der Waals surface area contributed by atoms with Crippen molar-refractivity contribution in [1.82, 2.24) is 14.8 Å². The van der Waals surface area contributed by atoms with Crippen molar-refractivity contribution in [3.63, 3.8) is 0 Å². The molecule has 3 aromatic carbocycles. The van der Waals surface area contributed by atoms with Gasteiger partial charge >= 0.3 is 6.01 Å². The number of rotatable bonds is 13. The van der Waals surface area contributed by atoms with Gasteiger partial charge in [-0.25, -0.2) is 9.07 Å². The van der Waals surface area contributed by atoms with Crippen molar-refractivity contribution in [2.24, 2.45) is 0 Å². The molecule has 0 radical (unpaired) electrons. The number of anilines is 1. The monoisotopic (exact) mass is 492 g/mol.